The second-order valence-corrected chi connectivity index (χ2v) is 3.81. The van der Waals surface area contributed by atoms with Crippen LogP contribution in [0.1, 0.15) is 27.5 Å². The lowest BCUT2D eigenvalue weighted by molar-refractivity contribution is 0.112. The number of benzene rings is 1. The molecule has 0 aliphatic rings. The monoisotopic (exact) mass is 265 g/mol. The molecule has 2 aromatic rings. The van der Waals surface area contributed by atoms with E-state index < -0.39 is 5.82 Å². The Morgan fingerprint density at radius 3 is 2.83 bits per heavy atom. The van der Waals surface area contributed by atoms with Crippen LogP contribution in [0.15, 0.2) is 28.9 Å². The summed E-state index contributed by atoms with van der Waals surface area (Å²) in [4.78, 5) is 14.5. The quantitative estimate of drug-likeness (QED) is 0.627. The van der Waals surface area contributed by atoms with Crippen LogP contribution in [-0.2, 0) is 5.88 Å². The van der Waals surface area contributed by atoms with Gasteiger partial charge in [0.15, 0.2) is 0 Å². The number of hydrogen-bond acceptors (Lipinski definition) is 3. The summed E-state index contributed by atoms with van der Waals surface area (Å²) in [6.07, 6.45) is 5.10. The topological polar surface area (TPSA) is 43.1 Å². The van der Waals surface area contributed by atoms with Gasteiger partial charge in [-0.05, 0) is 12.1 Å². The van der Waals surface area contributed by atoms with E-state index >= 15 is 0 Å². The number of carbonyl (C=O) groups is 1. The number of oxazole rings is 1. The molecule has 2 rings (SSSR count). The van der Waals surface area contributed by atoms with Gasteiger partial charge in [0.05, 0.1) is 11.6 Å². The molecule has 0 atom stereocenters. The van der Waals surface area contributed by atoms with Crippen LogP contribution in [0.3, 0.4) is 0 Å². The van der Waals surface area contributed by atoms with Gasteiger partial charge >= 0.3 is 0 Å². The van der Waals surface area contributed by atoms with Crippen LogP contribution in [-0.4, -0.2) is 11.3 Å². The zero-order valence-corrected chi connectivity index (χ0v) is 10.0. The number of hydrogen-bond donors (Lipinski definition) is 0. The van der Waals surface area contributed by atoms with Gasteiger partial charge in [-0.1, -0.05) is 12.1 Å². The summed E-state index contributed by atoms with van der Waals surface area (Å²) in [7, 11) is 0. The van der Waals surface area contributed by atoms with E-state index in [9.17, 15) is 9.18 Å². The van der Waals surface area contributed by atoms with Crippen molar-refractivity contribution in [1.82, 2.24) is 4.98 Å². The number of rotatable bonds is 4. The van der Waals surface area contributed by atoms with Gasteiger partial charge in [-0.2, -0.15) is 0 Å². The maximum absolute atomic E-state index is 13.5. The molecule has 18 heavy (non-hydrogen) atoms. The van der Waals surface area contributed by atoms with Crippen LogP contribution in [0.25, 0.3) is 12.2 Å². The molecule has 92 valence electrons. The van der Waals surface area contributed by atoms with Crippen molar-refractivity contribution in [3.8, 4) is 0 Å². The molecule has 0 aliphatic heterocycles. The smallest absolute Gasteiger partial charge is 0.218 e. The standard InChI is InChI=1S/C13H9ClFNO2/c14-6-11-8-18-13(16-11)4-3-10-2-1-9(7-17)5-12(10)15/h1-5,7-8H,6H2/b4-3+. The van der Waals surface area contributed by atoms with E-state index in [0.717, 1.165) is 0 Å². The number of carbonyl (C=O) groups excluding carboxylic acids is 1. The number of aromatic nitrogens is 1. The zero-order chi connectivity index (χ0) is 13.0. The normalized spacial score (nSPS) is 11.0. The average molecular weight is 266 g/mol. The summed E-state index contributed by atoms with van der Waals surface area (Å²) in [6, 6.07) is 4.23. The van der Waals surface area contributed by atoms with E-state index in [1.54, 1.807) is 0 Å². The van der Waals surface area contributed by atoms with Gasteiger partial charge in [-0.15, -0.1) is 11.6 Å². The maximum atomic E-state index is 13.5. The van der Waals surface area contributed by atoms with Gasteiger partial charge in [0.1, 0.15) is 18.4 Å². The Labute approximate surface area is 108 Å². The molecule has 0 amide bonds. The molecule has 5 heteroatoms. The Balaban J connectivity index is 2.20. The highest BCUT2D eigenvalue weighted by Crippen LogP contribution is 2.14. The van der Waals surface area contributed by atoms with Gasteiger partial charge in [0, 0.05) is 17.2 Å². The highest BCUT2D eigenvalue weighted by atomic mass is 35.5. The SMILES string of the molecule is O=Cc1ccc(/C=C/c2nc(CCl)co2)c(F)c1. The number of nitrogens with zero attached hydrogens (tertiary/aromatic N) is 1. The Bertz CT molecular complexity index is 592. The van der Waals surface area contributed by atoms with Crippen LogP contribution in [0.4, 0.5) is 4.39 Å². The molecule has 0 saturated heterocycles. The van der Waals surface area contributed by atoms with Gasteiger partial charge in [-0.25, -0.2) is 9.37 Å². The molecule has 0 fully saturated rings. The second-order valence-electron chi connectivity index (χ2n) is 3.54. The minimum atomic E-state index is -0.472. The van der Waals surface area contributed by atoms with E-state index in [4.69, 9.17) is 16.0 Å². The minimum Gasteiger partial charge on any atom is -0.445 e. The highest BCUT2D eigenvalue weighted by Gasteiger charge is 2.02. The van der Waals surface area contributed by atoms with Crippen LogP contribution in [0.5, 0.6) is 0 Å². The Morgan fingerprint density at radius 2 is 2.22 bits per heavy atom. The van der Waals surface area contributed by atoms with E-state index in [0.29, 0.717) is 29.0 Å². The predicted molar refractivity (Wildman–Crippen MR) is 66.8 cm³/mol. The zero-order valence-electron chi connectivity index (χ0n) is 9.27. The summed E-state index contributed by atoms with van der Waals surface area (Å²) in [5.41, 5.74) is 1.27. The third kappa shape index (κ3) is 2.84. The van der Waals surface area contributed by atoms with E-state index in [1.165, 1.54) is 36.6 Å². The van der Waals surface area contributed by atoms with Crippen LogP contribution >= 0.6 is 11.6 Å². The van der Waals surface area contributed by atoms with Gasteiger partial charge < -0.3 is 4.42 Å². The average Bonchev–Trinajstić information content (AvgIpc) is 2.85. The summed E-state index contributed by atoms with van der Waals surface area (Å²) in [6.45, 7) is 0. The van der Waals surface area contributed by atoms with E-state index in [-0.39, 0.29) is 5.88 Å². The Kier molecular flexibility index (Phi) is 3.89. The van der Waals surface area contributed by atoms with E-state index in [1.807, 2.05) is 0 Å². The van der Waals surface area contributed by atoms with Gasteiger partial charge in [-0.3, -0.25) is 4.79 Å². The third-order valence-electron chi connectivity index (χ3n) is 2.27. The Morgan fingerprint density at radius 1 is 1.39 bits per heavy atom. The summed E-state index contributed by atoms with van der Waals surface area (Å²) in [5, 5.41) is 0. The molecule has 0 radical (unpaired) electrons. The molecule has 1 aromatic heterocycles. The van der Waals surface area contributed by atoms with Crippen LogP contribution in [0, 0.1) is 5.82 Å². The molecule has 0 N–H and O–H groups in total. The van der Waals surface area contributed by atoms with Crippen molar-refractivity contribution in [1.29, 1.82) is 0 Å². The number of alkyl halides is 1. The van der Waals surface area contributed by atoms with Gasteiger partial charge in [0.2, 0.25) is 5.89 Å². The largest absolute Gasteiger partial charge is 0.445 e. The lowest BCUT2D eigenvalue weighted by atomic mass is 10.1. The molecule has 1 aromatic carbocycles. The molecule has 1 heterocycles. The first kappa shape index (κ1) is 12.5. The minimum absolute atomic E-state index is 0.264. The first-order chi connectivity index (χ1) is 8.72. The van der Waals surface area contributed by atoms with Crippen molar-refractivity contribution >= 4 is 30.0 Å². The molecule has 0 saturated carbocycles. The summed E-state index contributed by atoms with van der Waals surface area (Å²) in [5.74, 6) is 0.143. The maximum Gasteiger partial charge on any atom is 0.218 e. The molecular weight excluding hydrogens is 257 g/mol. The summed E-state index contributed by atoms with van der Waals surface area (Å²) >= 11 is 5.58. The molecule has 0 unspecified atom stereocenters. The Hall–Kier alpha value is -1.94. The van der Waals surface area contributed by atoms with Crippen molar-refractivity contribution in [3.05, 3.63) is 53.0 Å². The van der Waals surface area contributed by atoms with Crippen molar-refractivity contribution in [3.63, 3.8) is 0 Å². The lowest BCUT2D eigenvalue weighted by Gasteiger charge is -1.96. The fourth-order valence-electron chi connectivity index (χ4n) is 1.37. The van der Waals surface area contributed by atoms with Crippen molar-refractivity contribution < 1.29 is 13.6 Å². The predicted octanol–water partition coefficient (Wildman–Crippen LogP) is 3.54. The first-order valence-electron chi connectivity index (χ1n) is 5.16. The van der Waals surface area contributed by atoms with Gasteiger partial charge in [0.25, 0.3) is 0 Å². The molecule has 0 aliphatic carbocycles. The van der Waals surface area contributed by atoms with E-state index in [2.05, 4.69) is 4.98 Å². The fourth-order valence-corrected chi connectivity index (χ4v) is 1.50. The molecule has 3 nitrogen and oxygen atoms in total. The lowest BCUT2D eigenvalue weighted by Crippen LogP contribution is -1.86. The first-order valence-corrected chi connectivity index (χ1v) is 5.69. The highest BCUT2D eigenvalue weighted by molar-refractivity contribution is 6.16. The molecular formula is C13H9ClFNO2. The van der Waals surface area contributed by atoms with Crippen LogP contribution in [0.2, 0.25) is 0 Å². The van der Waals surface area contributed by atoms with Crippen molar-refractivity contribution in [2.45, 2.75) is 5.88 Å². The van der Waals surface area contributed by atoms with Crippen molar-refractivity contribution in [2.24, 2.45) is 0 Å². The molecule has 0 spiro atoms. The number of halogens is 2. The summed E-state index contributed by atoms with van der Waals surface area (Å²) < 4.78 is 18.6. The fraction of sp³-hybridized carbons (Fsp3) is 0.0769. The molecule has 0 bridgehead atoms. The number of aldehydes is 1. The second kappa shape index (κ2) is 5.60. The third-order valence-corrected chi connectivity index (χ3v) is 2.55. The van der Waals surface area contributed by atoms with Crippen molar-refractivity contribution in [2.75, 3.05) is 0 Å². The van der Waals surface area contributed by atoms with Crippen LogP contribution < -0.4 is 0 Å².